The minimum Gasteiger partial charge on any atom is -0.434 e. The maximum Gasteiger partial charge on any atom is 0.387 e. The predicted molar refractivity (Wildman–Crippen MR) is 90.5 cm³/mol. The van der Waals surface area contributed by atoms with Gasteiger partial charge in [-0.05, 0) is 30.3 Å². The minimum atomic E-state index is -3.06. The number of anilines is 1. The van der Waals surface area contributed by atoms with Gasteiger partial charge in [-0.1, -0.05) is 23.7 Å². The number of halogens is 3. The van der Waals surface area contributed by atoms with Crippen LogP contribution in [0, 0.1) is 0 Å². The molecule has 0 bridgehead atoms. The number of benzene rings is 2. The monoisotopic (exact) mass is 368 g/mol. The summed E-state index contributed by atoms with van der Waals surface area (Å²) in [5.74, 6) is -1.21. The highest BCUT2D eigenvalue weighted by Crippen LogP contribution is 2.26. The number of hydrogen-bond acceptors (Lipinski definition) is 3. The van der Waals surface area contributed by atoms with E-state index in [-0.39, 0.29) is 27.9 Å². The molecule has 0 atom stereocenters. The van der Waals surface area contributed by atoms with E-state index >= 15 is 0 Å². The van der Waals surface area contributed by atoms with E-state index in [9.17, 15) is 18.4 Å². The Kier molecular flexibility index (Phi) is 5.93. The van der Waals surface area contributed by atoms with Gasteiger partial charge in [0.1, 0.15) is 5.75 Å². The molecular weight excluding hydrogens is 354 g/mol. The standard InChI is InChI=1S/C17H15ClF2N2O3/c1-22(2)16(24)10-7-8-12(18)13(9-10)21-15(23)11-5-3-4-6-14(11)25-17(19)20/h3-9,17H,1-2H3,(H,21,23). The summed E-state index contributed by atoms with van der Waals surface area (Å²) < 4.78 is 29.3. The first-order valence-corrected chi connectivity index (χ1v) is 7.53. The van der Waals surface area contributed by atoms with Crippen LogP contribution in [0.1, 0.15) is 20.7 Å². The molecule has 25 heavy (non-hydrogen) atoms. The van der Waals surface area contributed by atoms with Gasteiger partial charge in [-0.3, -0.25) is 9.59 Å². The molecule has 0 aliphatic carbocycles. The van der Waals surface area contributed by atoms with Gasteiger partial charge in [-0.2, -0.15) is 8.78 Å². The quantitative estimate of drug-likeness (QED) is 0.870. The van der Waals surface area contributed by atoms with Crippen LogP contribution in [0.3, 0.4) is 0 Å². The van der Waals surface area contributed by atoms with Crippen molar-refractivity contribution in [1.29, 1.82) is 0 Å². The molecule has 0 spiro atoms. The number of carbonyl (C=O) groups is 2. The van der Waals surface area contributed by atoms with Crippen LogP contribution < -0.4 is 10.1 Å². The van der Waals surface area contributed by atoms with Crippen molar-refractivity contribution in [2.75, 3.05) is 19.4 Å². The van der Waals surface area contributed by atoms with E-state index < -0.39 is 12.5 Å². The lowest BCUT2D eigenvalue weighted by Gasteiger charge is -2.14. The molecule has 0 unspecified atom stereocenters. The van der Waals surface area contributed by atoms with Gasteiger partial charge in [0.2, 0.25) is 0 Å². The molecule has 1 N–H and O–H groups in total. The smallest absolute Gasteiger partial charge is 0.387 e. The van der Waals surface area contributed by atoms with Crippen molar-refractivity contribution in [2.24, 2.45) is 0 Å². The van der Waals surface area contributed by atoms with Crippen LogP contribution in [0.2, 0.25) is 5.02 Å². The molecule has 0 aromatic heterocycles. The average molecular weight is 369 g/mol. The van der Waals surface area contributed by atoms with Crippen LogP contribution in [0.25, 0.3) is 0 Å². The Labute approximate surface area is 148 Å². The second kappa shape index (κ2) is 7.94. The number of nitrogens with zero attached hydrogens (tertiary/aromatic N) is 1. The van der Waals surface area contributed by atoms with Crippen molar-refractivity contribution in [3.8, 4) is 5.75 Å². The van der Waals surface area contributed by atoms with E-state index in [4.69, 9.17) is 11.6 Å². The summed E-state index contributed by atoms with van der Waals surface area (Å²) in [6.07, 6.45) is 0. The van der Waals surface area contributed by atoms with Crippen LogP contribution in [0.4, 0.5) is 14.5 Å². The molecule has 0 aliphatic heterocycles. The Bertz CT molecular complexity index is 797. The summed E-state index contributed by atoms with van der Waals surface area (Å²) >= 11 is 6.05. The van der Waals surface area contributed by atoms with E-state index in [1.165, 1.54) is 47.4 Å². The van der Waals surface area contributed by atoms with Crippen LogP contribution >= 0.6 is 11.6 Å². The van der Waals surface area contributed by atoms with E-state index in [0.717, 1.165) is 0 Å². The summed E-state index contributed by atoms with van der Waals surface area (Å²) in [5.41, 5.74) is 0.427. The summed E-state index contributed by atoms with van der Waals surface area (Å²) in [4.78, 5) is 25.8. The fourth-order valence-corrected chi connectivity index (χ4v) is 2.22. The third-order valence-electron chi connectivity index (χ3n) is 3.22. The number of para-hydroxylation sites is 1. The van der Waals surface area contributed by atoms with Gasteiger partial charge in [0.15, 0.2) is 0 Å². The summed E-state index contributed by atoms with van der Waals surface area (Å²) in [7, 11) is 3.18. The van der Waals surface area contributed by atoms with Crippen LogP contribution in [-0.4, -0.2) is 37.4 Å². The van der Waals surface area contributed by atoms with Crippen molar-refractivity contribution in [3.63, 3.8) is 0 Å². The van der Waals surface area contributed by atoms with E-state index in [1.807, 2.05) is 0 Å². The number of amides is 2. The highest BCUT2D eigenvalue weighted by molar-refractivity contribution is 6.34. The number of rotatable bonds is 5. The summed E-state index contributed by atoms with van der Waals surface area (Å²) in [6, 6.07) is 9.99. The summed E-state index contributed by atoms with van der Waals surface area (Å²) in [6.45, 7) is -3.06. The van der Waals surface area contributed by atoms with E-state index in [0.29, 0.717) is 5.56 Å². The molecule has 0 fully saturated rings. The molecule has 2 amide bonds. The SMILES string of the molecule is CN(C)C(=O)c1ccc(Cl)c(NC(=O)c2ccccc2OC(F)F)c1. The molecular formula is C17H15ClF2N2O3. The fourth-order valence-electron chi connectivity index (χ4n) is 2.05. The fraction of sp³-hybridized carbons (Fsp3) is 0.176. The van der Waals surface area contributed by atoms with E-state index in [2.05, 4.69) is 10.1 Å². The Morgan fingerprint density at radius 3 is 2.48 bits per heavy atom. The topological polar surface area (TPSA) is 58.6 Å². The third kappa shape index (κ3) is 4.67. The summed E-state index contributed by atoms with van der Waals surface area (Å²) in [5, 5.41) is 2.71. The molecule has 0 radical (unpaired) electrons. The molecule has 0 saturated heterocycles. The molecule has 0 saturated carbocycles. The number of ether oxygens (including phenoxy) is 1. The van der Waals surface area contributed by atoms with Crippen molar-refractivity contribution in [2.45, 2.75) is 6.61 Å². The third-order valence-corrected chi connectivity index (χ3v) is 3.55. The van der Waals surface area contributed by atoms with Gasteiger partial charge in [-0.15, -0.1) is 0 Å². The first kappa shape index (κ1) is 18.7. The Morgan fingerprint density at radius 2 is 1.84 bits per heavy atom. The average Bonchev–Trinajstić information content (AvgIpc) is 2.56. The van der Waals surface area contributed by atoms with Gasteiger partial charge in [0.05, 0.1) is 16.3 Å². The van der Waals surface area contributed by atoms with Crippen molar-refractivity contribution in [3.05, 3.63) is 58.6 Å². The molecule has 2 aromatic rings. The maximum absolute atomic E-state index is 12.5. The van der Waals surface area contributed by atoms with Gasteiger partial charge >= 0.3 is 6.61 Å². The van der Waals surface area contributed by atoms with Crippen molar-refractivity contribution in [1.82, 2.24) is 4.90 Å². The van der Waals surface area contributed by atoms with Crippen LogP contribution in [0.5, 0.6) is 5.75 Å². The Balaban J connectivity index is 2.29. The van der Waals surface area contributed by atoms with Gasteiger partial charge in [-0.25, -0.2) is 0 Å². The highest BCUT2D eigenvalue weighted by Gasteiger charge is 2.17. The minimum absolute atomic E-state index is 0.0804. The zero-order valence-electron chi connectivity index (χ0n) is 13.4. The molecule has 2 aromatic carbocycles. The maximum atomic E-state index is 12.5. The molecule has 8 heteroatoms. The lowest BCUT2D eigenvalue weighted by Crippen LogP contribution is -2.22. The number of hydrogen-bond donors (Lipinski definition) is 1. The zero-order chi connectivity index (χ0) is 18.6. The first-order valence-electron chi connectivity index (χ1n) is 7.16. The zero-order valence-corrected chi connectivity index (χ0v) is 14.2. The van der Waals surface area contributed by atoms with Crippen molar-refractivity contribution < 1.29 is 23.1 Å². The van der Waals surface area contributed by atoms with Crippen LogP contribution in [-0.2, 0) is 0 Å². The number of nitrogens with one attached hydrogen (secondary N) is 1. The normalized spacial score (nSPS) is 10.5. The van der Waals surface area contributed by atoms with Gasteiger partial charge in [0.25, 0.3) is 11.8 Å². The molecule has 2 rings (SSSR count). The molecule has 132 valence electrons. The molecule has 5 nitrogen and oxygen atoms in total. The number of alkyl halides is 2. The Hall–Kier alpha value is -2.67. The molecule has 0 heterocycles. The largest absolute Gasteiger partial charge is 0.434 e. The number of carbonyl (C=O) groups excluding carboxylic acids is 2. The van der Waals surface area contributed by atoms with Crippen molar-refractivity contribution >= 4 is 29.1 Å². The lowest BCUT2D eigenvalue weighted by atomic mass is 10.1. The van der Waals surface area contributed by atoms with Gasteiger partial charge < -0.3 is 15.0 Å². The second-order valence-corrected chi connectivity index (χ2v) is 5.63. The van der Waals surface area contributed by atoms with Gasteiger partial charge in [0, 0.05) is 19.7 Å². The van der Waals surface area contributed by atoms with E-state index in [1.54, 1.807) is 14.1 Å². The Morgan fingerprint density at radius 1 is 1.16 bits per heavy atom. The molecule has 0 aliphatic rings. The predicted octanol–water partition coefficient (Wildman–Crippen LogP) is 3.90. The lowest BCUT2D eigenvalue weighted by molar-refractivity contribution is -0.0501. The second-order valence-electron chi connectivity index (χ2n) is 5.22. The van der Waals surface area contributed by atoms with Crippen LogP contribution in [0.15, 0.2) is 42.5 Å². The first-order chi connectivity index (χ1) is 11.8. The highest BCUT2D eigenvalue weighted by atomic mass is 35.5.